The lowest BCUT2D eigenvalue weighted by atomic mass is 10.1. The maximum atomic E-state index is 11.8. The Morgan fingerprint density at radius 2 is 2.00 bits per heavy atom. The summed E-state index contributed by atoms with van der Waals surface area (Å²) in [5.41, 5.74) is 2.04. The number of carbonyl (C=O) groups is 1. The lowest BCUT2D eigenvalue weighted by molar-refractivity contribution is -0.136. The van der Waals surface area contributed by atoms with Gasteiger partial charge in [-0.15, -0.1) is 6.58 Å². The number of benzene rings is 2. The van der Waals surface area contributed by atoms with Gasteiger partial charge in [-0.25, -0.2) is 4.79 Å². The van der Waals surface area contributed by atoms with Crippen LogP contribution in [0, 0.1) is 6.92 Å². The Bertz CT molecular complexity index is 632. The molecule has 2 rings (SSSR count). The molecule has 0 N–H and O–H groups in total. The first-order valence-electron chi connectivity index (χ1n) is 6.78. The summed E-state index contributed by atoms with van der Waals surface area (Å²) in [4.78, 5) is 11.8. The van der Waals surface area contributed by atoms with Crippen molar-refractivity contribution in [2.75, 3.05) is 6.61 Å². The summed E-state index contributed by atoms with van der Waals surface area (Å²) in [5.74, 6) is 0.788. The number of ether oxygens (including phenoxy) is 2. The van der Waals surface area contributed by atoms with E-state index in [1.807, 2.05) is 49.4 Å². The van der Waals surface area contributed by atoms with Crippen molar-refractivity contribution in [3.8, 4) is 11.5 Å². The molecule has 0 atom stereocenters. The second-order valence-electron chi connectivity index (χ2n) is 4.68. The molecule has 0 aliphatic heterocycles. The van der Waals surface area contributed by atoms with E-state index in [2.05, 4.69) is 6.58 Å². The third kappa shape index (κ3) is 4.49. The van der Waals surface area contributed by atoms with Gasteiger partial charge in [0.2, 0.25) is 0 Å². The van der Waals surface area contributed by atoms with Gasteiger partial charge >= 0.3 is 5.97 Å². The van der Waals surface area contributed by atoms with Crippen LogP contribution >= 0.6 is 0 Å². The molecule has 0 aromatic heterocycles. The van der Waals surface area contributed by atoms with E-state index in [0.717, 1.165) is 11.1 Å². The molecule has 21 heavy (non-hydrogen) atoms. The van der Waals surface area contributed by atoms with Gasteiger partial charge in [0.1, 0.15) is 11.5 Å². The average molecular weight is 282 g/mol. The predicted octanol–water partition coefficient (Wildman–Crippen LogP) is 3.71. The molecule has 0 radical (unpaired) electrons. The van der Waals surface area contributed by atoms with Crippen LogP contribution in [0.1, 0.15) is 11.1 Å². The third-order valence-corrected chi connectivity index (χ3v) is 2.90. The van der Waals surface area contributed by atoms with Gasteiger partial charge in [0.15, 0.2) is 6.61 Å². The lowest BCUT2D eigenvalue weighted by Gasteiger charge is -2.10. The van der Waals surface area contributed by atoms with Gasteiger partial charge in [0.25, 0.3) is 0 Å². The van der Waals surface area contributed by atoms with Crippen LogP contribution in [0.3, 0.4) is 0 Å². The van der Waals surface area contributed by atoms with Crippen molar-refractivity contribution < 1.29 is 14.3 Å². The summed E-state index contributed by atoms with van der Waals surface area (Å²) >= 11 is 0. The molecule has 108 valence electrons. The van der Waals surface area contributed by atoms with Gasteiger partial charge in [-0.2, -0.15) is 0 Å². The number of allylic oxidation sites excluding steroid dienone is 1. The van der Waals surface area contributed by atoms with E-state index in [4.69, 9.17) is 9.47 Å². The summed E-state index contributed by atoms with van der Waals surface area (Å²) in [6.07, 6.45) is 2.50. The smallest absolute Gasteiger partial charge is 0.349 e. The van der Waals surface area contributed by atoms with E-state index in [9.17, 15) is 4.79 Å². The first-order chi connectivity index (χ1) is 10.2. The highest BCUT2D eigenvalue weighted by molar-refractivity contribution is 5.74. The first-order valence-corrected chi connectivity index (χ1v) is 6.78. The van der Waals surface area contributed by atoms with Gasteiger partial charge in [0.05, 0.1) is 0 Å². The molecule has 2 aromatic carbocycles. The number of hydrogen-bond acceptors (Lipinski definition) is 3. The van der Waals surface area contributed by atoms with Crippen molar-refractivity contribution >= 4 is 5.97 Å². The van der Waals surface area contributed by atoms with Crippen molar-refractivity contribution in [1.82, 2.24) is 0 Å². The number of aryl methyl sites for hydroxylation is 1. The first kappa shape index (κ1) is 14.9. The van der Waals surface area contributed by atoms with Crippen LogP contribution in [-0.2, 0) is 11.2 Å². The van der Waals surface area contributed by atoms with Crippen molar-refractivity contribution in [2.24, 2.45) is 0 Å². The molecule has 0 saturated heterocycles. The van der Waals surface area contributed by atoms with Crippen molar-refractivity contribution in [3.63, 3.8) is 0 Å². The molecule has 0 bridgehead atoms. The number of rotatable bonds is 6. The lowest BCUT2D eigenvalue weighted by Crippen LogP contribution is -2.18. The predicted molar refractivity (Wildman–Crippen MR) is 82.7 cm³/mol. The van der Waals surface area contributed by atoms with Crippen LogP contribution in [0.5, 0.6) is 11.5 Å². The Morgan fingerprint density at radius 3 is 2.76 bits per heavy atom. The third-order valence-electron chi connectivity index (χ3n) is 2.90. The van der Waals surface area contributed by atoms with E-state index < -0.39 is 5.97 Å². The summed E-state index contributed by atoms with van der Waals surface area (Å²) in [5, 5.41) is 0. The Morgan fingerprint density at radius 1 is 1.19 bits per heavy atom. The van der Waals surface area contributed by atoms with Crippen LogP contribution in [0.15, 0.2) is 61.2 Å². The van der Waals surface area contributed by atoms with E-state index in [1.54, 1.807) is 12.1 Å². The molecule has 0 saturated carbocycles. The van der Waals surface area contributed by atoms with E-state index >= 15 is 0 Å². The Labute approximate surface area is 124 Å². The topological polar surface area (TPSA) is 35.5 Å². The summed E-state index contributed by atoms with van der Waals surface area (Å²) in [6, 6.07) is 14.9. The monoisotopic (exact) mass is 282 g/mol. The summed E-state index contributed by atoms with van der Waals surface area (Å²) in [6.45, 7) is 5.53. The van der Waals surface area contributed by atoms with Gasteiger partial charge < -0.3 is 9.47 Å². The van der Waals surface area contributed by atoms with E-state index in [1.165, 1.54) is 0 Å². The zero-order valence-corrected chi connectivity index (χ0v) is 12.0. The normalized spacial score (nSPS) is 9.95. The highest BCUT2D eigenvalue weighted by Gasteiger charge is 2.08. The minimum absolute atomic E-state index is 0.123. The standard InChI is InChI=1S/C18H18O3/c1-3-7-15-9-4-5-11-17(15)20-13-18(19)21-16-10-6-8-14(2)12-16/h3-6,8-12H,1,7,13H2,2H3. The quantitative estimate of drug-likeness (QED) is 0.460. The SMILES string of the molecule is C=CCc1ccccc1OCC(=O)Oc1cccc(C)c1. The van der Waals surface area contributed by atoms with Gasteiger partial charge in [-0.1, -0.05) is 36.4 Å². The molecule has 0 heterocycles. The summed E-state index contributed by atoms with van der Waals surface area (Å²) in [7, 11) is 0. The van der Waals surface area contributed by atoms with E-state index in [0.29, 0.717) is 17.9 Å². The van der Waals surface area contributed by atoms with Crippen LogP contribution in [0.2, 0.25) is 0 Å². The zero-order valence-electron chi connectivity index (χ0n) is 12.0. The van der Waals surface area contributed by atoms with Crippen LogP contribution < -0.4 is 9.47 Å². The molecule has 3 heteroatoms. The second kappa shape index (κ2) is 7.29. The highest BCUT2D eigenvalue weighted by Crippen LogP contribution is 2.19. The molecule has 0 unspecified atom stereocenters. The highest BCUT2D eigenvalue weighted by atomic mass is 16.6. The Kier molecular flexibility index (Phi) is 5.16. The van der Waals surface area contributed by atoms with Crippen molar-refractivity contribution in [2.45, 2.75) is 13.3 Å². The second-order valence-corrected chi connectivity index (χ2v) is 4.68. The fourth-order valence-corrected chi connectivity index (χ4v) is 1.95. The average Bonchev–Trinajstić information content (AvgIpc) is 2.47. The fraction of sp³-hybridized carbons (Fsp3) is 0.167. The van der Waals surface area contributed by atoms with Crippen molar-refractivity contribution in [1.29, 1.82) is 0 Å². The largest absolute Gasteiger partial charge is 0.482 e. The molecule has 0 fully saturated rings. The van der Waals surface area contributed by atoms with E-state index in [-0.39, 0.29) is 6.61 Å². The Balaban J connectivity index is 1.94. The van der Waals surface area contributed by atoms with Gasteiger partial charge in [0, 0.05) is 0 Å². The minimum atomic E-state index is -0.422. The maximum Gasteiger partial charge on any atom is 0.349 e. The molecule has 2 aromatic rings. The Hall–Kier alpha value is -2.55. The number of carbonyl (C=O) groups excluding carboxylic acids is 1. The maximum absolute atomic E-state index is 11.8. The van der Waals surface area contributed by atoms with Gasteiger partial charge in [-0.3, -0.25) is 0 Å². The minimum Gasteiger partial charge on any atom is -0.482 e. The molecule has 0 spiro atoms. The molecule has 0 aliphatic carbocycles. The molecule has 3 nitrogen and oxygen atoms in total. The molecule has 0 aliphatic rings. The molecular formula is C18H18O3. The molecular weight excluding hydrogens is 264 g/mol. The fourth-order valence-electron chi connectivity index (χ4n) is 1.95. The number of esters is 1. The van der Waals surface area contributed by atoms with Crippen LogP contribution in [-0.4, -0.2) is 12.6 Å². The summed E-state index contributed by atoms with van der Waals surface area (Å²) < 4.78 is 10.8. The van der Waals surface area contributed by atoms with Crippen LogP contribution in [0.25, 0.3) is 0 Å². The van der Waals surface area contributed by atoms with Crippen LogP contribution in [0.4, 0.5) is 0 Å². The molecule has 0 amide bonds. The van der Waals surface area contributed by atoms with Gasteiger partial charge in [-0.05, 0) is 42.7 Å². The number of hydrogen-bond donors (Lipinski definition) is 0. The number of para-hydroxylation sites is 1. The van der Waals surface area contributed by atoms with Crippen molar-refractivity contribution in [3.05, 3.63) is 72.3 Å². The zero-order chi connectivity index (χ0) is 15.1.